The molecule has 4 heteroatoms. The number of carbonyl (C=O) groups excluding carboxylic acids is 1. The third kappa shape index (κ3) is 2.97. The minimum absolute atomic E-state index is 0.137. The molecule has 0 saturated carbocycles. The molecule has 0 fully saturated rings. The van der Waals surface area contributed by atoms with Gasteiger partial charge in [0.1, 0.15) is 5.69 Å². The number of aryl methyl sites for hydroxylation is 1. The molecule has 2 aromatic rings. The predicted molar refractivity (Wildman–Crippen MR) is 70.5 cm³/mol. The second kappa shape index (κ2) is 5.49. The highest BCUT2D eigenvalue weighted by atomic mass is 16.1. The highest BCUT2D eigenvalue weighted by molar-refractivity contribution is 5.92. The third-order valence-corrected chi connectivity index (χ3v) is 2.88. The Bertz CT molecular complexity index is 519. The molecule has 1 atom stereocenters. The Morgan fingerprint density at radius 2 is 2.11 bits per heavy atom. The summed E-state index contributed by atoms with van der Waals surface area (Å²) >= 11 is 0. The molecule has 1 amide bonds. The maximum Gasteiger partial charge on any atom is 0.271 e. The summed E-state index contributed by atoms with van der Waals surface area (Å²) < 4.78 is 0. The van der Waals surface area contributed by atoms with Gasteiger partial charge in [-0.25, -0.2) is 0 Å². The Hall–Kier alpha value is -2.10. The van der Waals surface area contributed by atoms with Gasteiger partial charge in [0.15, 0.2) is 0 Å². The number of hydrogen-bond donors (Lipinski definition) is 2. The number of hydrogen-bond acceptors (Lipinski definition) is 2. The quantitative estimate of drug-likeness (QED) is 0.865. The first-order valence-electron chi connectivity index (χ1n) is 6.02. The SMILES string of the molecule is Cc1cc(C(=O)NCC(C)c2ccccc2)n[nH]1. The standard InChI is InChI=1S/C14H17N3O/c1-10(12-6-4-3-5-7-12)9-15-14(18)13-8-11(2)16-17-13/h3-8,10H,9H2,1-2H3,(H,15,18)(H,16,17). The predicted octanol–water partition coefficient (Wildman–Crippen LogP) is 2.25. The van der Waals surface area contributed by atoms with Crippen LogP contribution in [0.3, 0.4) is 0 Å². The molecule has 1 aromatic carbocycles. The van der Waals surface area contributed by atoms with Crippen molar-refractivity contribution in [3.63, 3.8) is 0 Å². The van der Waals surface area contributed by atoms with Crippen molar-refractivity contribution in [3.05, 3.63) is 53.3 Å². The fraction of sp³-hybridized carbons (Fsp3) is 0.286. The summed E-state index contributed by atoms with van der Waals surface area (Å²) in [5.41, 5.74) is 2.54. The van der Waals surface area contributed by atoms with Crippen LogP contribution in [0.15, 0.2) is 36.4 Å². The molecule has 0 aliphatic carbocycles. The van der Waals surface area contributed by atoms with Crippen LogP contribution in [0.4, 0.5) is 0 Å². The number of aromatic nitrogens is 2. The highest BCUT2D eigenvalue weighted by Gasteiger charge is 2.11. The van der Waals surface area contributed by atoms with Crippen molar-refractivity contribution in [2.24, 2.45) is 0 Å². The van der Waals surface area contributed by atoms with Gasteiger partial charge >= 0.3 is 0 Å². The smallest absolute Gasteiger partial charge is 0.271 e. The number of nitrogens with one attached hydrogen (secondary N) is 2. The van der Waals surface area contributed by atoms with Gasteiger partial charge in [0.25, 0.3) is 5.91 Å². The number of rotatable bonds is 4. The van der Waals surface area contributed by atoms with Crippen LogP contribution < -0.4 is 5.32 Å². The van der Waals surface area contributed by atoms with E-state index in [0.29, 0.717) is 12.2 Å². The van der Waals surface area contributed by atoms with Crippen molar-refractivity contribution >= 4 is 5.91 Å². The minimum atomic E-state index is -0.137. The number of aromatic amines is 1. The first kappa shape index (κ1) is 12.4. The van der Waals surface area contributed by atoms with Crippen LogP contribution in [0.5, 0.6) is 0 Å². The van der Waals surface area contributed by atoms with E-state index in [1.54, 1.807) is 6.07 Å². The largest absolute Gasteiger partial charge is 0.350 e. The molecular weight excluding hydrogens is 226 g/mol. The fourth-order valence-electron chi connectivity index (χ4n) is 1.77. The van der Waals surface area contributed by atoms with Gasteiger partial charge in [-0.2, -0.15) is 5.10 Å². The van der Waals surface area contributed by atoms with Crippen molar-refractivity contribution in [2.45, 2.75) is 19.8 Å². The summed E-state index contributed by atoms with van der Waals surface area (Å²) in [5, 5.41) is 9.58. The zero-order valence-corrected chi connectivity index (χ0v) is 10.6. The van der Waals surface area contributed by atoms with Gasteiger partial charge in [0, 0.05) is 12.2 Å². The van der Waals surface area contributed by atoms with Gasteiger partial charge in [0.2, 0.25) is 0 Å². The maximum absolute atomic E-state index is 11.8. The van der Waals surface area contributed by atoms with Crippen LogP contribution in [-0.4, -0.2) is 22.6 Å². The molecule has 2 rings (SSSR count). The van der Waals surface area contributed by atoms with Crippen LogP contribution >= 0.6 is 0 Å². The summed E-state index contributed by atoms with van der Waals surface area (Å²) in [5.74, 6) is 0.150. The summed E-state index contributed by atoms with van der Waals surface area (Å²) in [6, 6.07) is 11.9. The van der Waals surface area contributed by atoms with Crippen LogP contribution in [0.1, 0.15) is 34.6 Å². The zero-order valence-electron chi connectivity index (χ0n) is 10.6. The van der Waals surface area contributed by atoms with Gasteiger partial charge < -0.3 is 5.32 Å². The van der Waals surface area contributed by atoms with E-state index in [4.69, 9.17) is 0 Å². The molecular formula is C14H17N3O. The van der Waals surface area contributed by atoms with E-state index < -0.39 is 0 Å². The first-order valence-corrected chi connectivity index (χ1v) is 6.02. The lowest BCUT2D eigenvalue weighted by Crippen LogP contribution is -2.27. The fourth-order valence-corrected chi connectivity index (χ4v) is 1.77. The molecule has 1 heterocycles. The Morgan fingerprint density at radius 1 is 1.39 bits per heavy atom. The average molecular weight is 243 g/mol. The second-order valence-electron chi connectivity index (χ2n) is 4.46. The van der Waals surface area contributed by atoms with Crippen LogP contribution in [0.25, 0.3) is 0 Å². The molecule has 18 heavy (non-hydrogen) atoms. The Labute approximate surface area is 106 Å². The lowest BCUT2D eigenvalue weighted by molar-refractivity contribution is 0.0946. The van der Waals surface area contributed by atoms with Crippen molar-refractivity contribution in [1.29, 1.82) is 0 Å². The molecule has 2 N–H and O–H groups in total. The Kier molecular flexibility index (Phi) is 3.77. The molecule has 1 unspecified atom stereocenters. The van der Waals surface area contributed by atoms with Gasteiger partial charge in [-0.05, 0) is 24.5 Å². The molecule has 0 saturated heterocycles. The van der Waals surface area contributed by atoms with E-state index >= 15 is 0 Å². The minimum Gasteiger partial charge on any atom is -0.350 e. The molecule has 94 valence electrons. The maximum atomic E-state index is 11.8. The zero-order chi connectivity index (χ0) is 13.0. The highest BCUT2D eigenvalue weighted by Crippen LogP contribution is 2.13. The normalized spacial score (nSPS) is 12.1. The molecule has 0 bridgehead atoms. The van der Waals surface area contributed by atoms with E-state index in [2.05, 4.69) is 34.6 Å². The molecule has 0 radical (unpaired) electrons. The number of nitrogens with zero attached hydrogens (tertiary/aromatic N) is 1. The molecule has 4 nitrogen and oxygen atoms in total. The monoisotopic (exact) mass is 243 g/mol. The topological polar surface area (TPSA) is 57.8 Å². The van der Waals surface area contributed by atoms with E-state index in [-0.39, 0.29) is 11.8 Å². The van der Waals surface area contributed by atoms with Crippen LogP contribution in [0.2, 0.25) is 0 Å². The summed E-state index contributed by atoms with van der Waals surface area (Å²) in [6.45, 7) is 4.57. The van der Waals surface area contributed by atoms with Crippen molar-refractivity contribution in [1.82, 2.24) is 15.5 Å². The van der Waals surface area contributed by atoms with E-state index in [9.17, 15) is 4.79 Å². The number of amides is 1. The second-order valence-corrected chi connectivity index (χ2v) is 4.46. The Morgan fingerprint density at radius 3 is 2.72 bits per heavy atom. The van der Waals surface area contributed by atoms with Crippen molar-refractivity contribution in [2.75, 3.05) is 6.54 Å². The summed E-state index contributed by atoms with van der Waals surface area (Å²) in [4.78, 5) is 11.8. The van der Waals surface area contributed by atoms with Crippen molar-refractivity contribution in [3.8, 4) is 0 Å². The lowest BCUT2D eigenvalue weighted by atomic mass is 10.0. The van der Waals surface area contributed by atoms with Crippen LogP contribution in [0, 0.1) is 6.92 Å². The molecule has 0 spiro atoms. The van der Waals surface area contributed by atoms with E-state index in [1.165, 1.54) is 5.56 Å². The molecule has 0 aliphatic rings. The number of benzene rings is 1. The number of H-pyrrole nitrogens is 1. The van der Waals surface area contributed by atoms with E-state index in [0.717, 1.165) is 5.69 Å². The van der Waals surface area contributed by atoms with E-state index in [1.807, 2.05) is 25.1 Å². The average Bonchev–Trinajstić information content (AvgIpc) is 2.83. The Balaban J connectivity index is 1.90. The number of carbonyl (C=O) groups is 1. The summed E-state index contributed by atoms with van der Waals surface area (Å²) in [6.07, 6.45) is 0. The van der Waals surface area contributed by atoms with Crippen molar-refractivity contribution < 1.29 is 4.79 Å². The molecule has 1 aromatic heterocycles. The lowest BCUT2D eigenvalue weighted by Gasteiger charge is -2.12. The van der Waals surface area contributed by atoms with Gasteiger partial charge in [-0.3, -0.25) is 9.89 Å². The first-order chi connectivity index (χ1) is 8.66. The molecule has 0 aliphatic heterocycles. The van der Waals surface area contributed by atoms with Gasteiger partial charge in [-0.1, -0.05) is 37.3 Å². The third-order valence-electron chi connectivity index (χ3n) is 2.88. The van der Waals surface area contributed by atoms with Gasteiger partial charge in [-0.15, -0.1) is 0 Å². The van der Waals surface area contributed by atoms with Gasteiger partial charge in [0.05, 0.1) is 0 Å². The van der Waals surface area contributed by atoms with Crippen LogP contribution in [-0.2, 0) is 0 Å². The summed E-state index contributed by atoms with van der Waals surface area (Å²) in [7, 11) is 0.